The van der Waals surface area contributed by atoms with Gasteiger partial charge in [-0.1, -0.05) is 45.8 Å². The lowest BCUT2D eigenvalue weighted by Crippen LogP contribution is -2.30. The van der Waals surface area contributed by atoms with Gasteiger partial charge in [-0.15, -0.1) is 0 Å². The Morgan fingerprint density at radius 1 is 0.909 bits per heavy atom. The van der Waals surface area contributed by atoms with Crippen LogP contribution in [0.15, 0.2) is 68.0 Å². The quantitative estimate of drug-likeness (QED) is 0.388. The average Bonchev–Trinajstić information content (AvgIpc) is 2.78. The van der Waals surface area contributed by atoms with E-state index in [-0.39, 0.29) is 11.6 Å². The molecule has 6 heteroatoms. The number of rotatable bonds is 4. The summed E-state index contributed by atoms with van der Waals surface area (Å²) >= 11 is 7.27. The van der Waals surface area contributed by atoms with Crippen molar-refractivity contribution in [3.63, 3.8) is 0 Å². The fourth-order valence-electron chi connectivity index (χ4n) is 4.92. The molecule has 0 spiro atoms. The van der Waals surface area contributed by atoms with Crippen LogP contribution < -0.4 is 4.74 Å². The molecule has 0 saturated heterocycles. The van der Waals surface area contributed by atoms with Crippen molar-refractivity contribution in [3.05, 3.63) is 84.7 Å². The van der Waals surface area contributed by atoms with Gasteiger partial charge in [-0.05, 0) is 53.4 Å². The molecule has 0 radical (unpaired) electrons. The van der Waals surface area contributed by atoms with Crippen LogP contribution in [0.25, 0.3) is 0 Å². The van der Waals surface area contributed by atoms with E-state index in [1.807, 2.05) is 24.3 Å². The summed E-state index contributed by atoms with van der Waals surface area (Å²) in [6.07, 6.45) is 3.95. The Morgan fingerprint density at radius 2 is 1.52 bits per heavy atom. The van der Waals surface area contributed by atoms with Crippen LogP contribution in [-0.2, 0) is 20.9 Å². The zero-order valence-electron chi connectivity index (χ0n) is 18.4. The van der Waals surface area contributed by atoms with Gasteiger partial charge in [-0.2, -0.15) is 0 Å². The number of hydrogen-bond donors (Lipinski definition) is 0. The maximum absolute atomic E-state index is 13.1. The summed E-state index contributed by atoms with van der Waals surface area (Å²) in [4.78, 5) is 26.3. The Bertz CT molecular complexity index is 1170. The van der Waals surface area contributed by atoms with Crippen LogP contribution in [0.3, 0.4) is 0 Å². The third-order valence-electron chi connectivity index (χ3n) is 6.49. The van der Waals surface area contributed by atoms with Crippen molar-refractivity contribution in [2.45, 2.75) is 58.0 Å². The van der Waals surface area contributed by atoms with Crippen LogP contribution >= 0.6 is 31.9 Å². The maximum Gasteiger partial charge on any atom is 0.163 e. The fraction of sp³-hybridized carbons (Fsp3) is 0.333. The predicted octanol–water partition coefficient (Wildman–Crippen LogP) is 7.23. The highest BCUT2D eigenvalue weighted by Crippen LogP contribution is 2.51. The van der Waals surface area contributed by atoms with Crippen molar-refractivity contribution in [1.82, 2.24) is 0 Å². The normalized spacial score (nSPS) is 18.8. The van der Waals surface area contributed by atoms with E-state index in [0.717, 1.165) is 57.3 Å². The summed E-state index contributed by atoms with van der Waals surface area (Å²) in [6, 6.07) is 12.1. The Labute approximate surface area is 210 Å². The molecular formula is C27H24Br2O4. The van der Waals surface area contributed by atoms with Crippen LogP contribution in [0.1, 0.15) is 61.1 Å². The van der Waals surface area contributed by atoms with Crippen molar-refractivity contribution in [3.8, 4) is 5.75 Å². The lowest BCUT2D eigenvalue weighted by Gasteiger charge is -2.36. The highest BCUT2D eigenvalue weighted by atomic mass is 79.9. The zero-order valence-corrected chi connectivity index (χ0v) is 21.6. The molecule has 3 aliphatic rings. The van der Waals surface area contributed by atoms with Gasteiger partial charge in [-0.3, -0.25) is 9.59 Å². The van der Waals surface area contributed by atoms with Crippen LogP contribution in [0.5, 0.6) is 5.75 Å². The second kappa shape index (κ2) is 9.22. The summed E-state index contributed by atoms with van der Waals surface area (Å²) in [6.45, 7) is 2.44. The zero-order chi connectivity index (χ0) is 23.1. The number of benzene rings is 2. The molecule has 0 atom stereocenters. The van der Waals surface area contributed by atoms with Gasteiger partial charge < -0.3 is 9.47 Å². The first-order valence-corrected chi connectivity index (χ1v) is 12.9. The third kappa shape index (κ3) is 4.35. The van der Waals surface area contributed by atoms with Crippen molar-refractivity contribution in [1.29, 1.82) is 0 Å². The first kappa shape index (κ1) is 22.6. The topological polar surface area (TPSA) is 52.6 Å². The largest absolute Gasteiger partial charge is 0.487 e. The average molecular weight is 572 g/mol. The van der Waals surface area contributed by atoms with Gasteiger partial charge >= 0.3 is 0 Å². The number of halogens is 2. The Balaban J connectivity index is 1.63. The Morgan fingerprint density at radius 3 is 2.12 bits per heavy atom. The first-order valence-electron chi connectivity index (χ1n) is 11.3. The molecule has 0 aromatic heterocycles. The van der Waals surface area contributed by atoms with Crippen molar-refractivity contribution in [2.24, 2.45) is 0 Å². The minimum absolute atomic E-state index is 0.0618. The second-order valence-corrected chi connectivity index (χ2v) is 10.6. The van der Waals surface area contributed by atoms with E-state index < -0.39 is 5.92 Å². The Hall–Kier alpha value is -2.18. The monoisotopic (exact) mass is 570 g/mol. The lowest BCUT2D eigenvalue weighted by atomic mass is 9.73. The van der Waals surface area contributed by atoms with E-state index in [1.54, 1.807) is 0 Å². The van der Waals surface area contributed by atoms with E-state index in [0.29, 0.717) is 36.3 Å². The highest BCUT2D eigenvalue weighted by molar-refractivity contribution is 9.11. The Kier molecular flexibility index (Phi) is 6.32. The molecule has 5 rings (SSSR count). The molecule has 1 heterocycles. The van der Waals surface area contributed by atoms with E-state index in [9.17, 15) is 9.59 Å². The standard InChI is InChI=1S/C27H24Br2O4/c1-15-8-10-16(11-9-15)14-32-27-18(12-17(28)13-19(27)29)24-25-20(30)4-2-6-22(25)33-23-7-3-5-21(31)26(23)24/h8-13,24H,2-7,14H2,1H3. The minimum atomic E-state index is -0.467. The molecule has 4 nitrogen and oxygen atoms in total. The number of carbonyl (C=O) groups excluding carboxylic acids is 2. The van der Waals surface area contributed by atoms with Gasteiger partial charge in [0.05, 0.1) is 10.4 Å². The molecule has 2 aromatic carbocycles. The molecule has 0 unspecified atom stereocenters. The minimum Gasteiger partial charge on any atom is -0.487 e. The molecule has 2 aromatic rings. The summed E-state index contributed by atoms with van der Waals surface area (Å²) in [5.41, 5.74) is 4.31. The van der Waals surface area contributed by atoms with E-state index >= 15 is 0 Å². The second-order valence-electron chi connectivity index (χ2n) is 8.84. The molecule has 0 N–H and O–H groups in total. The predicted molar refractivity (Wildman–Crippen MR) is 133 cm³/mol. The van der Waals surface area contributed by atoms with Gasteiger partial charge in [0.1, 0.15) is 23.9 Å². The highest BCUT2D eigenvalue weighted by Gasteiger charge is 2.43. The van der Waals surface area contributed by atoms with Crippen molar-refractivity contribution >= 4 is 43.4 Å². The van der Waals surface area contributed by atoms with Crippen LogP contribution in [0.2, 0.25) is 0 Å². The van der Waals surface area contributed by atoms with Crippen molar-refractivity contribution < 1.29 is 19.1 Å². The van der Waals surface area contributed by atoms with Gasteiger partial charge in [0, 0.05) is 46.9 Å². The summed E-state index contributed by atoms with van der Waals surface area (Å²) in [5, 5.41) is 0. The molecule has 170 valence electrons. The van der Waals surface area contributed by atoms with Crippen LogP contribution in [0.4, 0.5) is 0 Å². The lowest BCUT2D eigenvalue weighted by molar-refractivity contribution is -0.117. The van der Waals surface area contributed by atoms with Gasteiger partial charge in [-0.25, -0.2) is 0 Å². The summed E-state index contributed by atoms with van der Waals surface area (Å²) < 4.78 is 14.2. The SMILES string of the molecule is Cc1ccc(COc2c(Br)cc(Br)cc2C2C3=C(CCCC3=O)OC3=C2C(=O)CCC3)cc1. The van der Waals surface area contributed by atoms with Gasteiger partial charge in [0.25, 0.3) is 0 Å². The molecular weight excluding hydrogens is 548 g/mol. The molecule has 0 fully saturated rings. The van der Waals surface area contributed by atoms with Crippen molar-refractivity contribution in [2.75, 3.05) is 0 Å². The molecule has 33 heavy (non-hydrogen) atoms. The van der Waals surface area contributed by atoms with Crippen LogP contribution in [-0.4, -0.2) is 11.6 Å². The van der Waals surface area contributed by atoms with E-state index in [4.69, 9.17) is 9.47 Å². The molecule has 1 aliphatic heterocycles. The first-order chi connectivity index (χ1) is 15.9. The number of carbonyl (C=O) groups is 2. The number of ether oxygens (including phenoxy) is 2. The number of allylic oxidation sites excluding steroid dienone is 4. The number of Topliss-reactive ketones (excluding diaryl/α,β-unsaturated/α-hetero) is 2. The molecule has 0 bridgehead atoms. The fourth-order valence-corrected chi connectivity index (χ4v) is 6.29. The van der Waals surface area contributed by atoms with Gasteiger partial charge in [0.15, 0.2) is 11.6 Å². The summed E-state index contributed by atoms with van der Waals surface area (Å²) in [7, 11) is 0. The third-order valence-corrected chi connectivity index (χ3v) is 7.54. The summed E-state index contributed by atoms with van der Waals surface area (Å²) in [5.74, 6) is 1.77. The van der Waals surface area contributed by atoms with E-state index in [2.05, 4.69) is 50.9 Å². The number of hydrogen-bond acceptors (Lipinski definition) is 4. The van der Waals surface area contributed by atoms with Crippen LogP contribution in [0, 0.1) is 6.92 Å². The molecule has 2 aliphatic carbocycles. The molecule has 0 saturated carbocycles. The van der Waals surface area contributed by atoms with E-state index in [1.165, 1.54) is 5.56 Å². The molecule has 0 amide bonds. The number of aryl methyl sites for hydroxylation is 1. The maximum atomic E-state index is 13.1. The van der Waals surface area contributed by atoms with Gasteiger partial charge in [0.2, 0.25) is 0 Å². The smallest absolute Gasteiger partial charge is 0.163 e. The number of ketones is 2.